The molecular formula is C27H35N7O4S. The maximum absolute atomic E-state index is 12.0. The van der Waals surface area contributed by atoms with E-state index in [1.54, 1.807) is 0 Å². The van der Waals surface area contributed by atoms with Crippen LogP contribution < -0.4 is 15.0 Å². The second kappa shape index (κ2) is 10.1. The van der Waals surface area contributed by atoms with Gasteiger partial charge >= 0.3 is 0 Å². The van der Waals surface area contributed by atoms with E-state index >= 15 is 0 Å². The summed E-state index contributed by atoms with van der Waals surface area (Å²) in [5.74, 6) is 2.68. The van der Waals surface area contributed by atoms with Gasteiger partial charge < -0.3 is 19.9 Å². The van der Waals surface area contributed by atoms with Crippen LogP contribution in [0.25, 0.3) is 0 Å². The number of amides is 1. The summed E-state index contributed by atoms with van der Waals surface area (Å²) in [7, 11) is -3.01. The van der Waals surface area contributed by atoms with Gasteiger partial charge in [-0.1, -0.05) is 6.58 Å². The molecule has 3 fully saturated rings. The summed E-state index contributed by atoms with van der Waals surface area (Å²) in [4.78, 5) is 32.2. The van der Waals surface area contributed by atoms with Crippen molar-refractivity contribution in [3.8, 4) is 5.75 Å². The maximum Gasteiger partial charge on any atom is 0.246 e. The first kappa shape index (κ1) is 26.0. The molecule has 1 amide bonds. The SMILES string of the molecule is C=CC(=O)N1CC(N2CCC(c3cc4c(c(C)n3)O[C@@H](C)c3c(ncnc3N3CCS(=O)(=O)CC3)N4)CC2)C1. The van der Waals surface area contributed by atoms with Gasteiger partial charge in [-0.3, -0.25) is 14.7 Å². The summed E-state index contributed by atoms with van der Waals surface area (Å²) >= 11 is 0. The summed E-state index contributed by atoms with van der Waals surface area (Å²) in [6.07, 6.45) is 4.59. The highest BCUT2D eigenvalue weighted by molar-refractivity contribution is 7.91. The van der Waals surface area contributed by atoms with Gasteiger partial charge in [-0.2, -0.15) is 0 Å². The Morgan fingerprint density at radius 3 is 2.56 bits per heavy atom. The molecule has 4 aliphatic heterocycles. The van der Waals surface area contributed by atoms with E-state index in [2.05, 4.69) is 32.8 Å². The standard InChI is InChI=1S/C27H35N7O4S/c1-4-23(35)34-14-20(15-34)32-7-5-19(6-8-32)21-13-22-25(17(2)30-21)38-18(3)24-26(31-22)28-16-29-27(24)33-9-11-39(36,37)12-10-33/h4,13,16,18-20H,1,5-12,14-15H2,2-3H3,(H,28,29,31)/t18-/m0/s1. The maximum atomic E-state index is 12.0. The second-order valence-electron chi connectivity index (χ2n) is 10.9. The molecule has 0 aromatic carbocycles. The highest BCUT2D eigenvalue weighted by Crippen LogP contribution is 2.44. The number of hydrogen-bond acceptors (Lipinski definition) is 10. The average Bonchev–Trinajstić information content (AvgIpc) is 3.04. The van der Waals surface area contributed by atoms with Crippen LogP contribution in [0.15, 0.2) is 25.0 Å². The molecule has 39 heavy (non-hydrogen) atoms. The molecule has 6 rings (SSSR count). The molecule has 11 nitrogen and oxygen atoms in total. The van der Waals surface area contributed by atoms with Crippen molar-refractivity contribution in [2.75, 3.05) is 61.0 Å². The largest absolute Gasteiger partial charge is 0.482 e. The van der Waals surface area contributed by atoms with Crippen LogP contribution in [0.5, 0.6) is 5.75 Å². The zero-order chi connectivity index (χ0) is 27.3. The summed E-state index contributed by atoms with van der Waals surface area (Å²) in [5.41, 5.74) is 3.54. The number of piperidine rings is 1. The fourth-order valence-electron chi connectivity index (χ4n) is 6.09. The predicted octanol–water partition coefficient (Wildman–Crippen LogP) is 2.19. The molecule has 2 aromatic rings. The molecule has 0 aliphatic carbocycles. The molecule has 3 saturated heterocycles. The van der Waals surface area contributed by atoms with E-state index in [0.29, 0.717) is 42.4 Å². The van der Waals surface area contributed by atoms with Crippen molar-refractivity contribution in [1.82, 2.24) is 24.8 Å². The van der Waals surface area contributed by atoms with Crippen LogP contribution in [0.1, 0.15) is 48.7 Å². The number of carbonyl (C=O) groups is 1. The summed E-state index contributed by atoms with van der Waals surface area (Å²) < 4.78 is 30.4. The molecule has 1 N–H and O–H groups in total. The Hall–Kier alpha value is -3.25. The number of sulfone groups is 1. The van der Waals surface area contributed by atoms with E-state index in [1.165, 1.54) is 12.4 Å². The number of carbonyl (C=O) groups excluding carboxylic acids is 1. The third-order valence-electron chi connectivity index (χ3n) is 8.44. The minimum absolute atomic E-state index is 0.0117. The van der Waals surface area contributed by atoms with E-state index in [1.807, 2.05) is 23.6 Å². The lowest BCUT2D eigenvalue weighted by Gasteiger charge is -2.47. The van der Waals surface area contributed by atoms with E-state index in [4.69, 9.17) is 9.72 Å². The number of ether oxygens (including phenoxy) is 1. The molecule has 4 aliphatic rings. The van der Waals surface area contributed by atoms with E-state index in [-0.39, 0.29) is 23.5 Å². The zero-order valence-corrected chi connectivity index (χ0v) is 23.3. The molecule has 0 saturated carbocycles. The molecule has 208 valence electrons. The van der Waals surface area contributed by atoms with Crippen LogP contribution in [0.4, 0.5) is 17.3 Å². The number of pyridine rings is 1. The Bertz CT molecular complexity index is 1390. The molecule has 2 aromatic heterocycles. The van der Waals surface area contributed by atoms with Gasteiger partial charge in [0.05, 0.1) is 28.5 Å². The minimum Gasteiger partial charge on any atom is -0.482 e. The third kappa shape index (κ3) is 4.95. The number of nitrogens with one attached hydrogen (secondary N) is 1. The number of fused-ring (bicyclic) bond motifs is 2. The van der Waals surface area contributed by atoms with Crippen LogP contribution in [0.2, 0.25) is 0 Å². The number of hydrogen-bond donors (Lipinski definition) is 1. The van der Waals surface area contributed by atoms with E-state index in [0.717, 1.165) is 61.7 Å². The highest BCUT2D eigenvalue weighted by atomic mass is 32.2. The van der Waals surface area contributed by atoms with Crippen molar-refractivity contribution in [1.29, 1.82) is 0 Å². The minimum atomic E-state index is -3.01. The van der Waals surface area contributed by atoms with Crippen molar-refractivity contribution in [2.24, 2.45) is 0 Å². The first-order chi connectivity index (χ1) is 18.7. The van der Waals surface area contributed by atoms with Crippen LogP contribution in [0, 0.1) is 6.92 Å². The Balaban J connectivity index is 1.19. The van der Waals surface area contributed by atoms with Crippen molar-refractivity contribution in [2.45, 2.75) is 44.8 Å². The van der Waals surface area contributed by atoms with Gasteiger partial charge in [0.1, 0.15) is 24.1 Å². The molecule has 6 heterocycles. The number of likely N-dealkylation sites (tertiary alicyclic amines) is 2. The Labute approximate surface area is 229 Å². The van der Waals surface area contributed by atoms with Crippen LogP contribution in [-0.2, 0) is 14.6 Å². The van der Waals surface area contributed by atoms with Gasteiger partial charge in [-0.25, -0.2) is 18.4 Å². The monoisotopic (exact) mass is 553 g/mol. The fraction of sp³-hybridized carbons (Fsp3) is 0.556. The quantitative estimate of drug-likeness (QED) is 0.564. The van der Waals surface area contributed by atoms with Crippen LogP contribution >= 0.6 is 0 Å². The normalized spacial score (nSPS) is 23.5. The lowest BCUT2D eigenvalue weighted by atomic mass is 9.90. The second-order valence-corrected chi connectivity index (χ2v) is 13.2. The van der Waals surface area contributed by atoms with E-state index in [9.17, 15) is 13.2 Å². The number of rotatable bonds is 4. The van der Waals surface area contributed by atoms with Gasteiger partial charge in [-0.05, 0) is 51.9 Å². The molecule has 0 bridgehead atoms. The molecular weight excluding hydrogens is 518 g/mol. The number of aryl methyl sites for hydroxylation is 1. The summed E-state index contributed by atoms with van der Waals surface area (Å²) in [5, 5.41) is 3.50. The Kier molecular flexibility index (Phi) is 6.70. The van der Waals surface area contributed by atoms with Gasteiger partial charge in [0.2, 0.25) is 5.91 Å². The average molecular weight is 554 g/mol. The third-order valence-corrected chi connectivity index (χ3v) is 10.0. The van der Waals surface area contributed by atoms with Crippen LogP contribution in [-0.4, -0.2) is 95.9 Å². The molecule has 0 unspecified atom stereocenters. The topological polar surface area (TPSA) is 121 Å². The summed E-state index contributed by atoms with van der Waals surface area (Å²) in [6.45, 7) is 11.8. The van der Waals surface area contributed by atoms with Gasteiger partial charge in [0.25, 0.3) is 0 Å². The molecule has 12 heteroatoms. The Morgan fingerprint density at radius 1 is 1.15 bits per heavy atom. The number of aromatic nitrogens is 3. The van der Waals surface area contributed by atoms with Gasteiger partial charge in [-0.15, -0.1) is 0 Å². The summed E-state index contributed by atoms with van der Waals surface area (Å²) in [6, 6.07) is 2.52. The molecule has 0 radical (unpaired) electrons. The first-order valence-corrected chi connectivity index (χ1v) is 15.5. The zero-order valence-electron chi connectivity index (χ0n) is 22.5. The molecule has 0 spiro atoms. The van der Waals surface area contributed by atoms with E-state index < -0.39 is 9.84 Å². The lowest BCUT2D eigenvalue weighted by Crippen LogP contribution is -2.61. The number of nitrogens with zero attached hydrogens (tertiary/aromatic N) is 6. The van der Waals surface area contributed by atoms with Gasteiger partial charge in [0.15, 0.2) is 15.6 Å². The lowest BCUT2D eigenvalue weighted by molar-refractivity contribution is -0.133. The van der Waals surface area contributed by atoms with Crippen molar-refractivity contribution < 1.29 is 17.9 Å². The van der Waals surface area contributed by atoms with Gasteiger partial charge in [0, 0.05) is 43.8 Å². The van der Waals surface area contributed by atoms with Crippen molar-refractivity contribution >= 4 is 33.1 Å². The fourth-order valence-corrected chi connectivity index (χ4v) is 7.29. The van der Waals surface area contributed by atoms with Crippen molar-refractivity contribution in [3.05, 3.63) is 42.0 Å². The van der Waals surface area contributed by atoms with Crippen LogP contribution in [0.3, 0.4) is 0 Å². The molecule has 1 atom stereocenters. The first-order valence-electron chi connectivity index (χ1n) is 13.6. The Morgan fingerprint density at radius 2 is 1.87 bits per heavy atom. The predicted molar refractivity (Wildman–Crippen MR) is 148 cm³/mol. The number of anilines is 3. The van der Waals surface area contributed by atoms with Crippen molar-refractivity contribution in [3.63, 3.8) is 0 Å². The smallest absolute Gasteiger partial charge is 0.246 e. The highest BCUT2D eigenvalue weighted by Gasteiger charge is 2.36.